The smallest absolute Gasteiger partial charge is 0.289 e. The number of carbonyl (C=O) groups excluding carboxylic acids is 1. The van der Waals surface area contributed by atoms with Gasteiger partial charge in [0.05, 0.1) is 25.4 Å². The van der Waals surface area contributed by atoms with E-state index >= 15 is 0 Å². The van der Waals surface area contributed by atoms with Crippen LogP contribution in [0.4, 0.5) is 0 Å². The first-order valence-corrected chi connectivity index (χ1v) is 8.52. The molecule has 0 saturated heterocycles. The van der Waals surface area contributed by atoms with Crippen molar-refractivity contribution in [2.45, 2.75) is 6.54 Å². The second-order valence-corrected chi connectivity index (χ2v) is 5.98. The number of hydrogen-bond donors (Lipinski definition) is 2. The Morgan fingerprint density at radius 3 is 3.00 bits per heavy atom. The van der Waals surface area contributed by atoms with Gasteiger partial charge in [-0.25, -0.2) is 10.1 Å². The molecular formula is C19H17N7O2. The molecule has 0 unspecified atom stereocenters. The minimum Gasteiger partial charge on any atom is -0.496 e. The minimum absolute atomic E-state index is 0.339. The lowest BCUT2D eigenvalue weighted by atomic mass is 10.1. The number of methoxy groups -OCH3 is 1. The Bertz CT molecular complexity index is 1130. The molecule has 140 valence electrons. The minimum atomic E-state index is -0.364. The highest BCUT2D eigenvalue weighted by Gasteiger charge is 2.09. The molecule has 0 atom stereocenters. The summed E-state index contributed by atoms with van der Waals surface area (Å²) >= 11 is 0. The van der Waals surface area contributed by atoms with E-state index in [-0.39, 0.29) is 5.91 Å². The lowest BCUT2D eigenvalue weighted by Crippen LogP contribution is -2.18. The van der Waals surface area contributed by atoms with Crippen molar-refractivity contribution in [3.8, 4) is 5.75 Å². The van der Waals surface area contributed by atoms with Gasteiger partial charge in [-0.15, -0.1) is 5.10 Å². The first-order chi connectivity index (χ1) is 13.7. The first kappa shape index (κ1) is 17.4. The average molecular weight is 375 g/mol. The van der Waals surface area contributed by atoms with Gasteiger partial charge in [-0.05, 0) is 42.0 Å². The van der Waals surface area contributed by atoms with Crippen LogP contribution in [0.15, 0.2) is 59.8 Å². The number of fused-ring (bicyclic) bond motifs is 1. The van der Waals surface area contributed by atoms with E-state index in [1.807, 2.05) is 47.1 Å². The third-order valence-electron chi connectivity index (χ3n) is 4.17. The summed E-state index contributed by atoms with van der Waals surface area (Å²) in [5.41, 5.74) is 6.29. The number of benzene rings is 2. The topological polar surface area (TPSA) is 110 Å². The summed E-state index contributed by atoms with van der Waals surface area (Å²) in [5.74, 6) is 0.370. The van der Waals surface area contributed by atoms with E-state index in [4.69, 9.17) is 4.74 Å². The average Bonchev–Trinajstić information content (AvgIpc) is 3.39. The quantitative estimate of drug-likeness (QED) is 0.395. The van der Waals surface area contributed by atoms with Crippen molar-refractivity contribution in [1.82, 2.24) is 30.6 Å². The number of carbonyl (C=O) groups is 1. The number of aromatic amines is 1. The molecule has 0 saturated carbocycles. The summed E-state index contributed by atoms with van der Waals surface area (Å²) in [6.07, 6.45) is 3.07. The Morgan fingerprint density at radius 2 is 2.18 bits per heavy atom. The number of hydrazone groups is 1. The fourth-order valence-corrected chi connectivity index (χ4v) is 2.81. The molecule has 0 aliphatic rings. The third-order valence-corrected chi connectivity index (χ3v) is 4.17. The van der Waals surface area contributed by atoms with Gasteiger partial charge in [0, 0.05) is 11.8 Å². The lowest BCUT2D eigenvalue weighted by Gasteiger charge is -2.10. The van der Waals surface area contributed by atoms with Gasteiger partial charge < -0.3 is 4.74 Å². The standard InChI is InChI=1S/C19H17N7O2/c1-28-18-7-6-13(11-21-24-19(27)16-8-9-20-22-16)10-14(18)12-26-17-5-3-2-4-15(17)23-25-26/h2-11H,12H2,1H3,(H,20,22)(H,24,27)/b21-11-. The maximum Gasteiger partial charge on any atom is 0.289 e. The maximum atomic E-state index is 11.9. The van der Waals surface area contributed by atoms with Gasteiger partial charge in [-0.3, -0.25) is 9.89 Å². The summed E-state index contributed by atoms with van der Waals surface area (Å²) in [5, 5.41) is 18.7. The van der Waals surface area contributed by atoms with Gasteiger partial charge in [-0.1, -0.05) is 17.3 Å². The Kier molecular flexibility index (Phi) is 4.79. The molecule has 0 aliphatic heterocycles. The summed E-state index contributed by atoms with van der Waals surface area (Å²) in [6, 6.07) is 15.0. The van der Waals surface area contributed by atoms with Crippen molar-refractivity contribution in [2.75, 3.05) is 7.11 Å². The van der Waals surface area contributed by atoms with Gasteiger partial charge in [-0.2, -0.15) is 10.2 Å². The van der Waals surface area contributed by atoms with E-state index in [2.05, 4.69) is 31.0 Å². The molecule has 0 aliphatic carbocycles. The Labute approximate surface area is 160 Å². The number of rotatable bonds is 6. The molecule has 2 N–H and O–H groups in total. The van der Waals surface area contributed by atoms with Crippen molar-refractivity contribution in [3.05, 3.63) is 71.5 Å². The highest BCUT2D eigenvalue weighted by Crippen LogP contribution is 2.22. The summed E-state index contributed by atoms with van der Waals surface area (Å²) in [6.45, 7) is 0.492. The van der Waals surface area contributed by atoms with E-state index < -0.39 is 0 Å². The number of para-hydroxylation sites is 1. The number of ether oxygens (including phenoxy) is 1. The molecule has 9 nitrogen and oxygen atoms in total. The number of amides is 1. The molecule has 4 aromatic rings. The van der Waals surface area contributed by atoms with Gasteiger partial charge in [0.2, 0.25) is 0 Å². The van der Waals surface area contributed by atoms with Crippen LogP contribution in [0.2, 0.25) is 0 Å². The summed E-state index contributed by atoms with van der Waals surface area (Å²) in [7, 11) is 1.62. The van der Waals surface area contributed by atoms with Crippen molar-refractivity contribution in [2.24, 2.45) is 5.10 Å². The molecule has 0 radical (unpaired) electrons. The van der Waals surface area contributed by atoms with Crippen LogP contribution in [0.3, 0.4) is 0 Å². The van der Waals surface area contributed by atoms with E-state index in [1.165, 1.54) is 6.20 Å². The molecule has 1 amide bonds. The number of nitrogens with zero attached hydrogens (tertiary/aromatic N) is 5. The maximum absolute atomic E-state index is 11.9. The van der Waals surface area contributed by atoms with Crippen LogP contribution in [-0.4, -0.2) is 44.4 Å². The third kappa shape index (κ3) is 3.58. The molecule has 2 aromatic heterocycles. The van der Waals surface area contributed by atoms with Crippen LogP contribution in [-0.2, 0) is 6.54 Å². The van der Waals surface area contributed by atoms with E-state index in [9.17, 15) is 4.79 Å². The Balaban J connectivity index is 1.54. The number of nitrogens with one attached hydrogen (secondary N) is 2. The van der Waals surface area contributed by atoms with Gasteiger partial charge in [0.1, 0.15) is 17.0 Å². The zero-order chi connectivity index (χ0) is 19.3. The zero-order valence-corrected chi connectivity index (χ0v) is 15.0. The summed E-state index contributed by atoms with van der Waals surface area (Å²) in [4.78, 5) is 11.9. The van der Waals surface area contributed by atoms with Crippen molar-refractivity contribution in [1.29, 1.82) is 0 Å². The molecule has 4 rings (SSSR count). The molecule has 2 heterocycles. The van der Waals surface area contributed by atoms with E-state index in [0.29, 0.717) is 12.2 Å². The van der Waals surface area contributed by atoms with Crippen LogP contribution in [0.25, 0.3) is 11.0 Å². The van der Waals surface area contributed by atoms with Crippen molar-refractivity contribution in [3.63, 3.8) is 0 Å². The second-order valence-electron chi connectivity index (χ2n) is 5.98. The van der Waals surface area contributed by atoms with Crippen LogP contribution >= 0.6 is 0 Å². The van der Waals surface area contributed by atoms with Gasteiger partial charge >= 0.3 is 0 Å². The molecule has 0 fully saturated rings. The highest BCUT2D eigenvalue weighted by atomic mass is 16.5. The SMILES string of the molecule is COc1ccc(/C=N\NC(=O)c2ccn[nH]2)cc1Cn1nnc2ccccc21. The number of H-pyrrole nitrogens is 1. The van der Waals surface area contributed by atoms with Crippen LogP contribution in [0.1, 0.15) is 21.6 Å². The number of hydrogen-bond acceptors (Lipinski definition) is 6. The zero-order valence-electron chi connectivity index (χ0n) is 15.0. The van der Waals surface area contributed by atoms with Crippen LogP contribution in [0, 0.1) is 0 Å². The molecule has 9 heteroatoms. The van der Waals surface area contributed by atoms with E-state index in [1.54, 1.807) is 19.4 Å². The Hall–Kier alpha value is -4.01. The molecule has 0 bridgehead atoms. The largest absolute Gasteiger partial charge is 0.496 e. The predicted octanol–water partition coefficient (Wildman–Crippen LogP) is 1.98. The highest BCUT2D eigenvalue weighted by molar-refractivity contribution is 5.93. The first-order valence-electron chi connectivity index (χ1n) is 8.52. The Morgan fingerprint density at radius 1 is 1.29 bits per heavy atom. The molecule has 2 aromatic carbocycles. The van der Waals surface area contributed by atoms with Crippen molar-refractivity contribution >= 4 is 23.2 Å². The van der Waals surface area contributed by atoms with Crippen LogP contribution in [0.5, 0.6) is 5.75 Å². The normalized spacial score (nSPS) is 11.2. The fourth-order valence-electron chi connectivity index (χ4n) is 2.81. The van der Waals surface area contributed by atoms with E-state index in [0.717, 1.165) is 27.9 Å². The lowest BCUT2D eigenvalue weighted by molar-refractivity contribution is 0.0950. The van der Waals surface area contributed by atoms with Gasteiger partial charge in [0.15, 0.2) is 0 Å². The summed E-state index contributed by atoms with van der Waals surface area (Å²) < 4.78 is 7.28. The molecule has 0 spiro atoms. The molecule has 28 heavy (non-hydrogen) atoms. The van der Waals surface area contributed by atoms with Gasteiger partial charge in [0.25, 0.3) is 5.91 Å². The monoisotopic (exact) mass is 375 g/mol. The fraction of sp³-hybridized carbons (Fsp3) is 0.105. The number of aromatic nitrogens is 5. The predicted molar refractivity (Wildman–Crippen MR) is 103 cm³/mol. The van der Waals surface area contributed by atoms with Crippen LogP contribution < -0.4 is 10.2 Å². The molecular weight excluding hydrogens is 358 g/mol. The van der Waals surface area contributed by atoms with Crippen molar-refractivity contribution < 1.29 is 9.53 Å². The second kappa shape index (κ2) is 7.70.